The molecular formula is C18H16Cl2N4OS. The van der Waals surface area contributed by atoms with Crippen LogP contribution in [0.4, 0.5) is 0 Å². The molecule has 0 spiro atoms. The van der Waals surface area contributed by atoms with Gasteiger partial charge in [0.1, 0.15) is 5.69 Å². The molecule has 5 nitrogen and oxygen atoms in total. The van der Waals surface area contributed by atoms with Gasteiger partial charge in [-0.2, -0.15) is 5.10 Å². The summed E-state index contributed by atoms with van der Waals surface area (Å²) >= 11 is 13.7. The third-order valence-electron chi connectivity index (χ3n) is 4.32. The summed E-state index contributed by atoms with van der Waals surface area (Å²) < 4.78 is 1.63. The first kappa shape index (κ1) is 17.5. The minimum atomic E-state index is 0.00405. The molecule has 0 saturated carbocycles. The third kappa shape index (κ3) is 3.24. The van der Waals surface area contributed by atoms with Gasteiger partial charge in [-0.3, -0.25) is 4.79 Å². The van der Waals surface area contributed by atoms with Crippen LogP contribution < -0.4 is 0 Å². The van der Waals surface area contributed by atoms with Crippen LogP contribution in [0.5, 0.6) is 0 Å². The lowest BCUT2D eigenvalue weighted by atomic mass is 10.2. The zero-order valence-corrected chi connectivity index (χ0v) is 16.4. The van der Waals surface area contributed by atoms with E-state index < -0.39 is 0 Å². The monoisotopic (exact) mass is 406 g/mol. The summed E-state index contributed by atoms with van der Waals surface area (Å²) in [5.74, 6) is 0.00405. The van der Waals surface area contributed by atoms with Crippen molar-refractivity contribution in [2.24, 2.45) is 0 Å². The van der Waals surface area contributed by atoms with Crippen LogP contribution in [0.3, 0.4) is 0 Å². The molecule has 1 amide bonds. The van der Waals surface area contributed by atoms with Crippen LogP contribution in [0.2, 0.25) is 10.0 Å². The first-order valence-electron chi connectivity index (χ1n) is 8.30. The highest BCUT2D eigenvalue weighted by atomic mass is 35.5. The second-order valence-electron chi connectivity index (χ2n) is 6.22. The van der Waals surface area contributed by atoms with Crippen LogP contribution in [0.15, 0.2) is 29.6 Å². The normalized spacial score (nSPS) is 14.2. The average molecular weight is 407 g/mol. The Kier molecular flexibility index (Phi) is 4.73. The van der Waals surface area contributed by atoms with Gasteiger partial charge in [0.15, 0.2) is 0 Å². The number of benzene rings is 1. The molecule has 3 heterocycles. The molecule has 4 rings (SSSR count). The van der Waals surface area contributed by atoms with Gasteiger partial charge in [0.2, 0.25) is 5.13 Å². The SMILES string of the molecule is Cc1cc(C(=O)N2CCCC2)n(-c2nc(-c3ccc(Cl)cc3Cl)cs2)n1. The van der Waals surface area contributed by atoms with E-state index >= 15 is 0 Å². The van der Waals surface area contributed by atoms with E-state index in [1.54, 1.807) is 16.8 Å². The van der Waals surface area contributed by atoms with Crippen molar-refractivity contribution >= 4 is 40.4 Å². The van der Waals surface area contributed by atoms with Crippen LogP contribution in [0, 0.1) is 6.92 Å². The van der Waals surface area contributed by atoms with E-state index in [-0.39, 0.29) is 5.91 Å². The van der Waals surface area contributed by atoms with Gasteiger partial charge in [-0.05, 0) is 44.0 Å². The van der Waals surface area contributed by atoms with Gasteiger partial charge in [0.05, 0.1) is 16.4 Å². The molecule has 3 aromatic rings. The topological polar surface area (TPSA) is 51.0 Å². The summed E-state index contributed by atoms with van der Waals surface area (Å²) in [6, 6.07) is 7.13. The molecule has 8 heteroatoms. The highest BCUT2D eigenvalue weighted by Gasteiger charge is 2.25. The molecule has 0 unspecified atom stereocenters. The molecule has 0 aliphatic carbocycles. The molecule has 2 aromatic heterocycles. The fourth-order valence-electron chi connectivity index (χ4n) is 3.06. The highest BCUT2D eigenvalue weighted by molar-refractivity contribution is 7.12. The standard InChI is InChI=1S/C18H16Cl2N4OS/c1-11-8-16(17(25)23-6-2-3-7-23)24(22-11)18-21-15(10-26-18)13-5-4-12(19)9-14(13)20/h4-5,8-10H,2-3,6-7H2,1H3. The van der Waals surface area contributed by atoms with Gasteiger partial charge < -0.3 is 4.90 Å². The largest absolute Gasteiger partial charge is 0.337 e. The van der Waals surface area contributed by atoms with E-state index in [1.807, 2.05) is 29.3 Å². The van der Waals surface area contributed by atoms with Crippen LogP contribution in [-0.4, -0.2) is 38.7 Å². The number of amides is 1. The Bertz CT molecular complexity index is 975. The number of hydrogen-bond acceptors (Lipinski definition) is 4. The molecule has 0 radical (unpaired) electrons. The fraction of sp³-hybridized carbons (Fsp3) is 0.278. The van der Waals surface area contributed by atoms with E-state index in [0.29, 0.717) is 20.9 Å². The number of aryl methyl sites for hydroxylation is 1. The first-order valence-corrected chi connectivity index (χ1v) is 9.94. The van der Waals surface area contributed by atoms with Gasteiger partial charge >= 0.3 is 0 Å². The number of aromatic nitrogens is 3. The molecule has 1 aliphatic rings. The van der Waals surface area contributed by atoms with Gasteiger partial charge in [0, 0.05) is 29.1 Å². The van der Waals surface area contributed by atoms with Gasteiger partial charge in [0.25, 0.3) is 5.91 Å². The highest BCUT2D eigenvalue weighted by Crippen LogP contribution is 2.32. The van der Waals surface area contributed by atoms with Crippen molar-refractivity contribution in [1.82, 2.24) is 19.7 Å². The zero-order valence-electron chi connectivity index (χ0n) is 14.1. The van der Waals surface area contributed by atoms with Crippen molar-refractivity contribution in [3.05, 3.63) is 51.1 Å². The van der Waals surface area contributed by atoms with Crippen molar-refractivity contribution in [2.45, 2.75) is 19.8 Å². The fourth-order valence-corrected chi connectivity index (χ4v) is 4.35. The molecule has 1 aliphatic heterocycles. The Morgan fingerprint density at radius 2 is 1.96 bits per heavy atom. The quantitative estimate of drug-likeness (QED) is 0.624. The van der Waals surface area contributed by atoms with Gasteiger partial charge in [-0.25, -0.2) is 9.67 Å². The van der Waals surface area contributed by atoms with E-state index in [4.69, 9.17) is 23.2 Å². The summed E-state index contributed by atoms with van der Waals surface area (Å²) in [5, 5.41) is 8.15. The van der Waals surface area contributed by atoms with Crippen LogP contribution in [0.25, 0.3) is 16.4 Å². The Balaban J connectivity index is 1.71. The molecule has 0 bridgehead atoms. The van der Waals surface area contributed by atoms with E-state index in [1.165, 1.54) is 11.3 Å². The van der Waals surface area contributed by atoms with Gasteiger partial charge in [-0.1, -0.05) is 23.2 Å². The minimum absolute atomic E-state index is 0.00405. The molecular weight excluding hydrogens is 391 g/mol. The number of halogens is 2. The summed E-state index contributed by atoms with van der Waals surface area (Å²) in [6.45, 7) is 3.47. The van der Waals surface area contributed by atoms with Crippen molar-refractivity contribution in [3.63, 3.8) is 0 Å². The second-order valence-corrected chi connectivity index (χ2v) is 7.90. The van der Waals surface area contributed by atoms with Crippen molar-refractivity contribution in [1.29, 1.82) is 0 Å². The lowest BCUT2D eigenvalue weighted by molar-refractivity contribution is 0.0784. The maximum atomic E-state index is 12.8. The number of rotatable bonds is 3. The lowest BCUT2D eigenvalue weighted by Gasteiger charge is -2.15. The molecule has 0 atom stereocenters. The van der Waals surface area contributed by atoms with E-state index in [0.717, 1.165) is 42.9 Å². The van der Waals surface area contributed by atoms with Crippen LogP contribution >= 0.6 is 34.5 Å². The summed E-state index contributed by atoms with van der Waals surface area (Å²) in [4.78, 5) is 19.3. The maximum absolute atomic E-state index is 12.8. The molecule has 134 valence electrons. The summed E-state index contributed by atoms with van der Waals surface area (Å²) in [5.41, 5.74) is 2.87. The third-order valence-corrected chi connectivity index (χ3v) is 5.69. The predicted molar refractivity (Wildman–Crippen MR) is 105 cm³/mol. The van der Waals surface area contributed by atoms with Crippen molar-refractivity contribution in [2.75, 3.05) is 13.1 Å². The van der Waals surface area contributed by atoms with Gasteiger partial charge in [-0.15, -0.1) is 11.3 Å². The first-order chi connectivity index (χ1) is 12.5. The van der Waals surface area contributed by atoms with Crippen molar-refractivity contribution in [3.8, 4) is 16.4 Å². The maximum Gasteiger partial charge on any atom is 0.272 e. The summed E-state index contributed by atoms with van der Waals surface area (Å²) in [7, 11) is 0. The molecule has 0 N–H and O–H groups in total. The number of carbonyl (C=O) groups excluding carboxylic acids is 1. The average Bonchev–Trinajstić information content (AvgIpc) is 3.34. The van der Waals surface area contributed by atoms with E-state index in [9.17, 15) is 4.79 Å². The number of likely N-dealkylation sites (tertiary alicyclic amines) is 1. The minimum Gasteiger partial charge on any atom is -0.337 e. The Morgan fingerprint density at radius 1 is 1.19 bits per heavy atom. The number of nitrogens with zero attached hydrogens (tertiary/aromatic N) is 4. The Hall–Kier alpha value is -1.89. The molecule has 26 heavy (non-hydrogen) atoms. The molecule has 1 fully saturated rings. The van der Waals surface area contributed by atoms with E-state index in [2.05, 4.69) is 10.1 Å². The zero-order chi connectivity index (χ0) is 18.3. The summed E-state index contributed by atoms with van der Waals surface area (Å²) in [6.07, 6.45) is 2.10. The number of hydrogen-bond donors (Lipinski definition) is 0. The smallest absolute Gasteiger partial charge is 0.272 e. The Labute approximate surface area is 165 Å². The second kappa shape index (κ2) is 7.02. The van der Waals surface area contributed by atoms with Crippen molar-refractivity contribution < 1.29 is 4.79 Å². The Morgan fingerprint density at radius 3 is 2.69 bits per heavy atom. The molecule has 1 saturated heterocycles. The molecule has 1 aromatic carbocycles. The van der Waals surface area contributed by atoms with Crippen LogP contribution in [-0.2, 0) is 0 Å². The van der Waals surface area contributed by atoms with Crippen LogP contribution in [0.1, 0.15) is 29.0 Å². The number of thiazole rings is 1. The lowest BCUT2D eigenvalue weighted by Crippen LogP contribution is -2.29. The number of carbonyl (C=O) groups is 1. The predicted octanol–water partition coefficient (Wildman–Crippen LogP) is 4.85.